The molecule has 2 N–H and O–H groups in total. The molecule has 7 rings (SSSR count). The first-order valence-corrected chi connectivity index (χ1v) is 19.8. The van der Waals surface area contributed by atoms with E-state index in [0.717, 1.165) is 50.0 Å². The lowest BCUT2D eigenvalue weighted by molar-refractivity contribution is -0.171. The summed E-state index contributed by atoms with van der Waals surface area (Å²) < 4.78 is 19.6. The number of likely N-dealkylation sites (tertiary alicyclic amines) is 1. The monoisotopic (exact) mass is 741 g/mol. The Morgan fingerprint density at radius 3 is 2.31 bits per heavy atom. The number of ketones is 2. The van der Waals surface area contributed by atoms with Crippen molar-refractivity contribution in [2.75, 3.05) is 26.2 Å². The van der Waals surface area contributed by atoms with Crippen molar-refractivity contribution in [3.8, 4) is 17.2 Å². The zero-order chi connectivity index (χ0) is 39.2. The third-order valence-corrected chi connectivity index (χ3v) is 12.2. The fourth-order valence-electron chi connectivity index (χ4n) is 9.37. The van der Waals surface area contributed by atoms with Gasteiger partial charge in [0, 0.05) is 47.1 Å². The van der Waals surface area contributed by atoms with Crippen LogP contribution in [-0.4, -0.2) is 75.7 Å². The number of hydrogen-bond donors (Lipinski definition) is 2. The summed E-state index contributed by atoms with van der Waals surface area (Å²) in [5.41, 5.74) is 0.622. The molecule has 1 aromatic rings. The lowest BCUT2D eigenvalue weighted by Crippen LogP contribution is -2.72. The van der Waals surface area contributed by atoms with Crippen LogP contribution in [0.25, 0.3) is 0 Å². The van der Waals surface area contributed by atoms with Gasteiger partial charge in [-0.25, -0.2) is 4.79 Å². The zero-order valence-electron chi connectivity index (χ0n) is 33.5. The molecule has 6 aliphatic rings. The van der Waals surface area contributed by atoms with E-state index in [4.69, 9.17) is 14.2 Å². The van der Waals surface area contributed by atoms with Crippen LogP contribution in [0, 0.1) is 11.8 Å². The second-order valence-corrected chi connectivity index (χ2v) is 17.1. The number of phenols is 2. The highest BCUT2D eigenvalue weighted by atomic mass is 16.6. The van der Waals surface area contributed by atoms with Gasteiger partial charge in [-0.05, 0) is 120 Å². The second kappa shape index (κ2) is 15.3. The molecule has 9 heteroatoms. The fraction of sp³-hybridized carbons (Fsp3) is 0.578. The maximum Gasteiger partial charge on any atom is 0.333 e. The molecule has 0 radical (unpaired) electrons. The molecule has 4 unspecified atom stereocenters. The smallest absolute Gasteiger partial charge is 0.333 e. The molecule has 1 saturated carbocycles. The third-order valence-electron chi connectivity index (χ3n) is 12.2. The number of aromatic hydroxyl groups is 2. The predicted molar refractivity (Wildman–Crippen MR) is 209 cm³/mol. The van der Waals surface area contributed by atoms with Crippen LogP contribution in [0.1, 0.15) is 122 Å². The summed E-state index contributed by atoms with van der Waals surface area (Å²) in [4.78, 5) is 45.0. The van der Waals surface area contributed by atoms with E-state index >= 15 is 0 Å². The Morgan fingerprint density at radius 1 is 0.944 bits per heavy atom. The van der Waals surface area contributed by atoms with Gasteiger partial charge < -0.3 is 29.3 Å². The molecule has 3 fully saturated rings. The van der Waals surface area contributed by atoms with E-state index in [1.807, 2.05) is 46.8 Å². The van der Waals surface area contributed by atoms with Gasteiger partial charge in [0.2, 0.25) is 0 Å². The Bertz CT molecular complexity index is 1860. The Hall–Kier alpha value is -3.95. The number of nitrogens with zero attached hydrogens (tertiary/aromatic N) is 1. The summed E-state index contributed by atoms with van der Waals surface area (Å²) >= 11 is 0. The lowest BCUT2D eigenvalue weighted by atomic mass is 9.51. The van der Waals surface area contributed by atoms with E-state index in [9.17, 15) is 24.6 Å². The van der Waals surface area contributed by atoms with E-state index in [1.165, 1.54) is 18.4 Å². The minimum atomic E-state index is -1.62. The molecule has 3 aliphatic heterocycles. The maximum atomic E-state index is 14.9. The average molecular weight is 742 g/mol. The number of benzene rings is 1. The molecule has 0 amide bonds. The lowest BCUT2D eigenvalue weighted by Gasteiger charge is -2.56. The number of carbonyl (C=O) groups is 3. The maximum absolute atomic E-state index is 14.9. The molecular formula is C45H59NO8. The summed E-state index contributed by atoms with van der Waals surface area (Å²) in [6.07, 6.45) is 15.3. The number of allylic oxidation sites excluding steroid dienone is 7. The van der Waals surface area contributed by atoms with Gasteiger partial charge in [-0.2, -0.15) is 0 Å². The predicted octanol–water partition coefficient (Wildman–Crippen LogP) is 8.21. The Kier molecular flexibility index (Phi) is 11.3. The van der Waals surface area contributed by atoms with E-state index < -0.39 is 40.4 Å². The minimum Gasteiger partial charge on any atom is -0.507 e. The van der Waals surface area contributed by atoms with E-state index in [2.05, 4.69) is 24.8 Å². The molecule has 2 saturated heterocycles. The normalized spacial score (nSPS) is 26.9. The molecule has 9 nitrogen and oxygen atoms in total. The first kappa shape index (κ1) is 39.7. The van der Waals surface area contributed by atoms with Crippen LogP contribution >= 0.6 is 0 Å². The van der Waals surface area contributed by atoms with Crippen molar-refractivity contribution in [1.29, 1.82) is 0 Å². The molecule has 3 aliphatic carbocycles. The van der Waals surface area contributed by atoms with Gasteiger partial charge >= 0.3 is 5.97 Å². The Balaban J connectivity index is 1.38. The van der Waals surface area contributed by atoms with Gasteiger partial charge in [0.25, 0.3) is 0 Å². The van der Waals surface area contributed by atoms with Crippen molar-refractivity contribution in [2.24, 2.45) is 11.8 Å². The number of fused-ring (bicyclic) bond motifs is 1. The number of Topliss-reactive ketones (excluding diaryl/α,β-unsaturated/α-hetero) is 2. The highest BCUT2D eigenvalue weighted by molar-refractivity contribution is 6.18. The van der Waals surface area contributed by atoms with Gasteiger partial charge in [0.1, 0.15) is 22.8 Å². The molecule has 54 heavy (non-hydrogen) atoms. The van der Waals surface area contributed by atoms with Gasteiger partial charge in [-0.1, -0.05) is 47.1 Å². The highest BCUT2D eigenvalue weighted by Crippen LogP contribution is 2.68. The fourth-order valence-corrected chi connectivity index (χ4v) is 9.37. The Morgan fingerprint density at radius 2 is 1.63 bits per heavy atom. The van der Waals surface area contributed by atoms with Gasteiger partial charge in [-0.15, -0.1) is 0 Å². The topological polar surface area (TPSA) is 123 Å². The van der Waals surface area contributed by atoms with E-state index in [1.54, 1.807) is 19.1 Å². The molecule has 4 bridgehead atoms. The van der Waals surface area contributed by atoms with Crippen molar-refractivity contribution in [2.45, 2.75) is 130 Å². The number of carbonyl (C=O) groups excluding carboxylic acids is 3. The SMILES string of the molecule is CC(C)=CCC/C(C)=C/Cc1c(O)c(CC=C(C)C)c2c(c1O)C(=O)C1=CC3CC4C(C)(C)OC(C/C=C(/C)C(=O)OCCCN5CCCC5)(C3=O)C14O2. The van der Waals surface area contributed by atoms with Crippen LogP contribution < -0.4 is 4.74 Å². The highest BCUT2D eigenvalue weighted by Gasteiger charge is 2.81. The Labute approximate surface area is 320 Å². The molecular weight excluding hydrogens is 682 g/mol. The van der Waals surface area contributed by atoms with Crippen LogP contribution in [0.5, 0.6) is 17.2 Å². The largest absolute Gasteiger partial charge is 0.507 e. The van der Waals surface area contributed by atoms with Gasteiger partial charge in [0.15, 0.2) is 22.8 Å². The van der Waals surface area contributed by atoms with Crippen molar-refractivity contribution >= 4 is 17.5 Å². The summed E-state index contributed by atoms with van der Waals surface area (Å²) in [5, 5.41) is 23.8. The molecule has 0 aromatic heterocycles. The summed E-state index contributed by atoms with van der Waals surface area (Å²) in [6.45, 7) is 18.9. The first-order valence-electron chi connectivity index (χ1n) is 19.8. The summed E-state index contributed by atoms with van der Waals surface area (Å²) in [5.74, 6) is -2.43. The summed E-state index contributed by atoms with van der Waals surface area (Å²) in [7, 11) is 0. The molecule has 3 heterocycles. The van der Waals surface area contributed by atoms with Crippen LogP contribution in [-0.2, 0) is 31.9 Å². The van der Waals surface area contributed by atoms with Crippen LogP contribution in [0.3, 0.4) is 0 Å². The molecule has 4 atom stereocenters. The second-order valence-electron chi connectivity index (χ2n) is 17.1. The van der Waals surface area contributed by atoms with Crippen LogP contribution in [0.4, 0.5) is 0 Å². The number of esters is 1. The quantitative estimate of drug-likeness (QED) is 0.0841. The standard InChI is InChI=1S/C45H59NO8/c1-27(2)13-11-14-29(5)16-18-32-37(47)33(17-15-28(3)4)40-36(38(32)48)39(49)34-25-31-26-35-43(7,8)54-44(41(31)50,45(34,35)53-40)20-19-30(6)42(51)52-24-12-23-46-21-9-10-22-46/h13,15-16,19,25,31,35,47-48H,9-12,14,17-18,20-24,26H2,1-8H3/b29-16+,30-19-. The number of ether oxygens (including phenoxy) is 3. The molecule has 1 aromatic carbocycles. The zero-order valence-corrected chi connectivity index (χ0v) is 33.5. The van der Waals surface area contributed by atoms with Crippen molar-refractivity contribution in [1.82, 2.24) is 4.90 Å². The van der Waals surface area contributed by atoms with Gasteiger partial charge in [-0.3, -0.25) is 9.59 Å². The van der Waals surface area contributed by atoms with E-state index in [0.29, 0.717) is 29.7 Å². The van der Waals surface area contributed by atoms with Gasteiger partial charge in [0.05, 0.1) is 12.2 Å². The summed E-state index contributed by atoms with van der Waals surface area (Å²) in [6, 6.07) is 0. The average Bonchev–Trinajstić information content (AvgIpc) is 3.68. The van der Waals surface area contributed by atoms with Crippen molar-refractivity contribution in [3.05, 3.63) is 74.9 Å². The van der Waals surface area contributed by atoms with E-state index in [-0.39, 0.29) is 53.4 Å². The molecule has 1 spiro atoms. The minimum absolute atomic E-state index is 0.00371. The third kappa shape index (κ3) is 6.91. The first-order chi connectivity index (χ1) is 25.5. The van der Waals surface area contributed by atoms with Crippen LogP contribution in [0.15, 0.2) is 58.2 Å². The number of hydrogen-bond acceptors (Lipinski definition) is 9. The van der Waals surface area contributed by atoms with Crippen molar-refractivity contribution < 1.29 is 38.8 Å². The van der Waals surface area contributed by atoms with Crippen LogP contribution in [0.2, 0.25) is 0 Å². The van der Waals surface area contributed by atoms with Crippen molar-refractivity contribution in [3.63, 3.8) is 0 Å². The number of phenolic OH excluding ortho intramolecular Hbond substituents is 2. The number of rotatable bonds is 14. The molecule has 292 valence electrons.